The Morgan fingerprint density at radius 2 is 1.94 bits per heavy atom. The summed E-state index contributed by atoms with van der Waals surface area (Å²) < 4.78 is 27.9. The topological polar surface area (TPSA) is 97.2 Å². The molecule has 1 fully saturated rings. The Morgan fingerprint density at radius 3 is 2.58 bits per heavy atom. The molecule has 1 aromatic carbocycles. The lowest BCUT2D eigenvalue weighted by atomic mass is 9.86. The number of nitrogens with one attached hydrogen (secondary N) is 1. The lowest BCUT2D eigenvalue weighted by Crippen LogP contribution is -2.41. The van der Waals surface area contributed by atoms with Crippen LogP contribution in [0.25, 0.3) is 0 Å². The molecule has 2 aromatic rings. The molecule has 3 rings (SSSR count). The highest BCUT2D eigenvalue weighted by Gasteiger charge is 2.24. The molecule has 0 radical (unpaired) electrons. The first-order valence-corrected chi connectivity index (χ1v) is 13.5. The van der Waals surface area contributed by atoms with Gasteiger partial charge < -0.3 is 9.88 Å². The Morgan fingerprint density at radius 1 is 1.23 bits per heavy atom. The van der Waals surface area contributed by atoms with Crippen LogP contribution >= 0.6 is 11.8 Å². The van der Waals surface area contributed by atoms with Crippen LogP contribution in [0.2, 0.25) is 0 Å². The fraction of sp³-hybridized carbons (Fsp3) is 0.571. The van der Waals surface area contributed by atoms with E-state index in [1.165, 1.54) is 28.7 Å². The number of amides is 1. The molecule has 2 atom stereocenters. The number of aromatic nitrogens is 3. The molecule has 1 aliphatic rings. The summed E-state index contributed by atoms with van der Waals surface area (Å²) in [4.78, 5) is 12.5. The first-order chi connectivity index (χ1) is 14.8. The Balaban J connectivity index is 1.68. The van der Waals surface area contributed by atoms with E-state index >= 15 is 0 Å². The molecule has 0 spiro atoms. The quantitative estimate of drug-likeness (QED) is 0.572. The van der Waals surface area contributed by atoms with E-state index in [1.54, 1.807) is 24.3 Å². The first kappa shape index (κ1) is 23.6. The van der Waals surface area contributed by atoms with Crippen LogP contribution in [0.3, 0.4) is 0 Å². The van der Waals surface area contributed by atoms with E-state index in [9.17, 15) is 13.2 Å². The molecule has 0 unspecified atom stereocenters. The number of hydrogen-bond donors (Lipinski definition) is 1. The number of nitrogens with zero attached hydrogens (tertiary/aromatic N) is 4. The van der Waals surface area contributed by atoms with Crippen molar-refractivity contribution in [2.24, 2.45) is 5.92 Å². The van der Waals surface area contributed by atoms with Gasteiger partial charge in [0, 0.05) is 12.6 Å². The predicted octanol–water partition coefficient (Wildman–Crippen LogP) is 3.05. The highest BCUT2D eigenvalue weighted by Crippen LogP contribution is 2.25. The molecule has 1 aliphatic carbocycles. The van der Waals surface area contributed by atoms with Crippen molar-refractivity contribution in [3.05, 3.63) is 36.2 Å². The summed E-state index contributed by atoms with van der Waals surface area (Å²) in [6.07, 6.45) is 5.77. The zero-order valence-electron chi connectivity index (χ0n) is 18.3. The van der Waals surface area contributed by atoms with Gasteiger partial charge in [-0.3, -0.25) is 9.10 Å². The zero-order chi connectivity index (χ0) is 22.4. The third-order valence-corrected chi connectivity index (χ3v) is 7.74. The van der Waals surface area contributed by atoms with E-state index in [2.05, 4.69) is 22.4 Å². The summed E-state index contributed by atoms with van der Waals surface area (Å²) in [6.45, 7) is 4.81. The monoisotopic (exact) mass is 465 g/mol. The van der Waals surface area contributed by atoms with Crippen LogP contribution in [-0.2, 0) is 27.9 Å². The number of rotatable bonds is 9. The average molecular weight is 466 g/mol. The number of thioether (sulfide) groups is 1. The van der Waals surface area contributed by atoms with Crippen molar-refractivity contribution >= 4 is 33.4 Å². The standard InChI is InChI=1S/C21H31N5O3S2/c1-4-25-19(14-26(31(3,28)29)17-11-6-5-7-12-17)23-24-21(25)30-15-20(27)22-18-13-9-8-10-16(18)2/h5-7,11-12,16,18H,4,8-10,13-15H2,1-3H3,(H,22,27)/t16-,18+/m1/s1. The second-order valence-electron chi connectivity index (χ2n) is 7.97. The molecule has 10 heteroatoms. The van der Waals surface area contributed by atoms with Crippen LogP contribution in [0.15, 0.2) is 35.5 Å². The average Bonchev–Trinajstić information content (AvgIpc) is 3.13. The number of para-hydroxylation sites is 1. The Labute approximate surface area is 188 Å². The van der Waals surface area contributed by atoms with Crippen LogP contribution in [0, 0.1) is 5.92 Å². The second-order valence-corrected chi connectivity index (χ2v) is 10.8. The fourth-order valence-electron chi connectivity index (χ4n) is 3.89. The fourth-order valence-corrected chi connectivity index (χ4v) is 5.58. The van der Waals surface area contributed by atoms with Crippen LogP contribution in [0.4, 0.5) is 5.69 Å². The molecule has 8 nitrogen and oxygen atoms in total. The van der Waals surface area contributed by atoms with Gasteiger partial charge in [-0.1, -0.05) is 49.7 Å². The van der Waals surface area contributed by atoms with E-state index in [4.69, 9.17) is 0 Å². The molecule has 1 amide bonds. The molecule has 1 N–H and O–H groups in total. The molecule has 1 saturated carbocycles. The molecule has 1 aromatic heterocycles. The van der Waals surface area contributed by atoms with Crippen molar-refractivity contribution in [3.63, 3.8) is 0 Å². The molecule has 31 heavy (non-hydrogen) atoms. The van der Waals surface area contributed by atoms with Crippen molar-refractivity contribution in [1.29, 1.82) is 0 Å². The summed E-state index contributed by atoms with van der Waals surface area (Å²) in [5.74, 6) is 1.31. The third-order valence-electron chi connectivity index (χ3n) is 5.63. The first-order valence-electron chi connectivity index (χ1n) is 10.7. The van der Waals surface area contributed by atoms with E-state index in [0.717, 1.165) is 19.3 Å². The minimum absolute atomic E-state index is 0.00185. The highest BCUT2D eigenvalue weighted by molar-refractivity contribution is 7.99. The van der Waals surface area contributed by atoms with Gasteiger partial charge in [0.05, 0.1) is 24.2 Å². The normalized spacial score (nSPS) is 19.2. The lowest BCUT2D eigenvalue weighted by molar-refractivity contribution is -0.119. The van der Waals surface area contributed by atoms with E-state index in [-0.39, 0.29) is 24.2 Å². The van der Waals surface area contributed by atoms with Gasteiger partial charge in [0.15, 0.2) is 11.0 Å². The van der Waals surface area contributed by atoms with Crippen molar-refractivity contribution in [3.8, 4) is 0 Å². The smallest absolute Gasteiger partial charge is 0.232 e. The maximum atomic E-state index is 12.5. The summed E-state index contributed by atoms with van der Waals surface area (Å²) in [5, 5.41) is 12.2. The van der Waals surface area contributed by atoms with Gasteiger partial charge in [-0.05, 0) is 37.8 Å². The Kier molecular flexibility index (Phi) is 7.99. The van der Waals surface area contributed by atoms with Crippen LogP contribution in [0.1, 0.15) is 45.4 Å². The van der Waals surface area contributed by atoms with Crippen LogP contribution in [0.5, 0.6) is 0 Å². The van der Waals surface area contributed by atoms with E-state index in [1.807, 2.05) is 17.6 Å². The molecule has 1 heterocycles. The van der Waals surface area contributed by atoms with Gasteiger partial charge in [-0.25, -0.2) is 8.42 Å². The van der Waals surface area contributed by atoms with Crippen molar-refractivity contribution in [1.82, 2.24) is 20.1 Å². The summed E-state index contributed by atoms with van der Waals surface area (Å²) in [6, 6.07) is 9.18. The SMILES string of the molecule is CCn1c(CN(c2ccccc2)S(C)(=O)=O)nnc1SCC(=O)N[C@H]1CCCC[C@H]1C. The summed E-state index contributed by atoms with van der Waals surface area (Å²) in [7, 11) is -3.50. The number of benzene rings is 1. The van der Waals surface area contributed by atoms with Gasteiger partial charge in [0.2, 0.25) is 15.9 Å². The highest BCUT2D eigenvalue weighted by atomic mass is 32.2. The van der Waals surface area contributed by atoms with Gasteiger partial charge in [-0.2, -0.15) is 0 Å². The molecular formula is C21H31N5O3S2. The van der Waals surface area contributed by atoms with Gasteiger partial charge in [0.25, 0.3) is 0 Å². The van der Waals surface area contributed by atoms with Crippen LogP contribution < -0.4 is 9.62 Å². The number of carbonyl (C=O) groups is 1. The number of sulfonamides is 1. The van der Waals surface area contributed by atoms with E-state index < -0.39 is 10.0 Å². The summed E-state index contributed by atoms with van der Waals surface area (Å²) in [5.41, 5.74) is 0.575. The van der Waals surface area contributed by atoms with Crippen molar-refractivity contribution < 1.29 is 13.2 Å². The van der Waals surface area contributed by atoms with Gasteiger partial charge >= 0.3 is 0 Å². The predicted molar refractivity (Wildman–Crippen MR) is 123 cm³/mol. The van der Waals surface area contributed by atoms with Gasteiger partial charge in [-0.15, -0.1) is 10.2 Å². The number of anilines is 1. The second kappa shape index (κ2) is 10.5. The largest absolute Gasteiger partial charge is 0.352 e. The lowest BCUT2D eigenvalue weighted by Gasteiger charge is -2.29. The molecule has 0 saturated heterocycles. The Hall–Kier alpha value is -2.07. The number of carbonyl (C=O) groups excluding carboxylic acids is 1. The van der Waals surface area contributed by atoms with E-state index in [0.29, 0.717) is 29.1 Å². The molecular weight excluding hydrogens is 434 g/mol. The molecule has 0 aliphatic heterocycles. The maximum absolute atomic E-state index is 12.5. The zero-order valence-corrected chi connectivity index (χ0v) is 20.0. The molecule has 0 bridgehead atoms. The summed E-state index contributed by atoms with van der Waals surface area (Å²) >= 11 is 1.33. The van der Waals surface area contributed by atoms with Crippen molar-refractivity contribution in [2.75, 3.05) is 16.3 Å². The minimum atomic E-state index is -3.50. The third kappa shape index (κ3) is 6.22. The van der Waals surface area contributed by atoms with Crippen LogP contribution in [-0.4, -0.2) is 47.1 Å². The maximum Gasteiger partial charge on any atom is 0.232 e. The molecule has 170 valence electrons. The van der Waals surface area contributed by atoms with Crippen molar-refractivity contribution in [2.45, 2.75) is 63.8 Å². The van der Waals surface area contributed by atoms with Gasteiger partial charge in [0.1, 0.15) is 0 Å². The number of hydrogen-bond acceptors (Lipinski definition) is 6. The Bertz CT molecular complexity index is 978. The minimum Gasteiger partial charge on any atom is -0.352 e.